The first-order valence-electron chi connectivity index (χ1n) is 6.90. The van der Waals surface area contributed by atoms with Gasteiger partial charge in [0.1, 0.15) is 4.90 Å². The Kier molecular flexibility index (Phi) is 4.47. The van der Waals surface area contributed by atoms with Gasteiger partial charge in [0.2, 0.25) is 10.0 Å². The molecule has 0 aliphatic carbocycles. The molecule has 2 rings (SSSR count). The normalized spacial score (nSPS) is 22.1. The van der Waals surface area contributed by atoms with Crippen LogP contribution in [0.2, 0.25) is 0 Å². The lowest BCUT2D eigenvalue weighted by molar-refractivity contribution is 0.407. The van der Waals surface area contributed by atoms with Gasteiger partial charge in [0.25, 0.3) is 0 Å². The van der Waals surface area contributed by atoms with Gasteiger partial charge in [-0.25, -0.2) is 8.42 Å². The zero-order chi connectivity index (χ0) is 13.9. The summed E-state index contributed by atoms with van der Waals surface area (Å²) in [5.41, 5.74) is 6.13. The Hall–Kier alpha value is -1.07. The Balaban J connectivity index is 2.23. The SMILES string of the molecule is CCC1CCCN(S(=O)(=O)c2ccccc2N)CC1. The lowest BCUT2D eigenvalue weighted by Crippen LogP contribution is -2.32. The molecule has 0 aromatic heterocycles. The molecule has 1 aromatic rings. The lowest BCUT2D eigenvalue weighted by atomic mass is 9.98. The molecule has 1 aromatic carbocycles. The van der Waals surface area contributed by atoms with Crippen molar-refractivity contribution >= 4 is 15.7 Å². The maximum atomic E-state index is 12.6. The van der Waals surface area contributed by atoms with Gasteiger partial charge in [-0.05, 0) is 37.3 Å². The summed E-state index contributed by atoms with van der Waals surface area (Å²) in [6, 6.07) is 6.70. The summed E-state index contributed by atoms with van der Waals surface area (Å²) in [5, 5.41) is 0. The third-order valence-electron chi connectivity index (χ3n) is 3.92. The summed E-state index contributed by atoms with van der Waals surface area (Å²) < 4.78 is 26.8. The summed E-state index contributed by atoms with van der Waals surface area (Å²) in [5.74, 6) is 0.647. The minimum Gasteiger partial charge on any atom is -0.398 e. The van der Waals surface area contributed by atoms with E-state index in [-0.39, 0.29) is 4.90 Å². The van der Waals surface area contributed by atoms with Crippen molar-refractivity contribution in [3.63, 3.8) is 0 Å². The average molecular weight is 282 g/mol. The summed E-state index contributed by atoms with van der Waals surface area (Å²) in [4.78, 5) is 0.241. The number of para-hydroxylation sites is 1. The van der Waals surface area contributed by atoms with Crippen LogP contribution in [-0.4, -0.2) is 25.8 Å². The molecular formula is C14H22N2O2S. The van der Waals surface area contributed by atoms with E-state index in [9.17, 15) is 8.42 Å². The number of hydrogen-bond donors (Lipinski definition) is 1. The highest BCUT2D eigenvalue weighted by Gasteiger charge is 2.28. The van der Waals surface area contributed by atoms with E-state index in [1.54, 1.807) is 28.6 Å². The number of anilines is 1. The molecule has 1 saturated heterocycles. The van der Waals surface area contributed by atoms with Crippen molar-refractivity contribution in [2.24, 2.45) is 5.92 Å². The van der Waals surface area contributed by atoms with Crippen molar-refractivity contribution in [3.05, 3.63) is 24.3 Å². The smallest absolute Gasteiger partial charge is 0.245 e. The van der Waals surface area contributed by atoms with Crippen LogP contribution in [0.4, 0.5) is 5.69 Å². The van der Waals surface area contributed by atoms with E-state index in [4.69, 9.17) is 5.73 Å². The third kappa shape index (κ3) is 3.09. The number of nitrogen functional groups attached to an aromatic ring is 1. The summed E-state index contributed by atoms with van der Waals surface area (Å²) >= 11 is 0. The molecule has 2 N–H and O–H groups in total. The molecule has 4 nitrogen and oxygen atoms in total. The fraction of sp³-hybridized carbons (Fsp3) is 0.571. The Bertz CT molecular complexity index is 528. The monoisotopic (exact) mass is 282 g/mol. The van der Waals surface area contributed by atoms with Crippen LogP contribution in [0, 0.1) is 5.92 Å². The highest BCUT2D eigenvalue weighted by molar-refractivity contribution is 7.89. The topological polar surface area (TPSA) is 63.4 Å². The Labute approximate surface area is 115 Å². The first-order chi connectivity index (χ1) is 9.05. The second kappa shape index (κ2) is 5.92. The average Bonchev–Trinajstić information content (AvgIpc) is 2.64. The van der Waals surface area contributed by atoms with Crippen molar-refractivity contribution in [1.29, 1.82) is 0 Å². The van der Waals surface area contributed by atoms with Crippen molar-refractivity contribution in [2.45, 2.75) is 37.5 Å². The molecule has 19 heavy (non-hydrogen) atoms. The Morgan fingerprint density at radius 3 is 2.68 bits per heavy atom. The first-order valence-corrected chi connectivity index (χ1v) is 8.34. The van der Waals surface area contributed by atoms with E-state index in [1.807, 2.05) is 0 Å². The number of hydrogen-bond acceptors (Lipinski definition) is 3. The molecule has 0 spiro atoms. The summed E-state index contributed by atoms with van der Waals surface area (Å²) in [6.45, 7) is 3.38. The van der Waals surface area contributed by atoms with Crippen LogP contribution in [-0.2, 0) is 10.0 Å². The van der Waals surface area contributed by atoms with E-state index in [1.165, 1.54) is 0 Å². The fourth-order valence-corrected chi connectivity index (χ4v) is 4.25. The molecule has 0 radical (unpaired) electrons. The van der Waals surface area contributed by atoms with Gasteiger partial charge in [-0.1, -0.05) is 25.5 Å². The van der Waals surface area contributed by atoms with Crippen LogP contribution < -0.4 is 5.73 Å². The maximum absolute atomic E-state index is 12.6. The molecule has 1 fully saturated rings. The molecule has 0 amide bonds. The zero-order valence-electron chi connectivity index (χ0n) is 11.4. The van der Waals surface area contributed by atoms with Crippen molar-refractivity contribution in [2.75, 3.05) is 18.8 Å². The van der Waals surface area contributed by atoms with E-state index >= 15 is 0 Å². The minimum absolute atomic E-state index is 0.241. The van der Waals surface area contributed by atoms with Gasteiger partial charge in [-0.15, -0.1) is 0 Å². The maximum Gasteiger partial charge on any atom is 0.245 e. The summed E-state index contributed by atoms with van der Waals surface area (Å²) in [6.07, 6.45) is 4.13. The van der Waals surface area contributed by atoms with Gasteiger partial charge >= 0.3 is 0 Å². The van der Waals surface area contributed by atoms with E-state index < -0.39 is 10.0 Å². The molecule has 1 aliphatic rings. The van der Waals surface area contributed by atoms with E-state index in [0.717, 1.165) is 25.7 Å². The molecule has 0 saturated carbocycles. The lowest BCUT2D eigenvalue weighted by Gasteiger charge is -2.21. The van der Waals surface area contributed by atoms with Crippen molar-refractivity contribution in [1.82, 2.24) is 4.31 Å². The van der Waals surface area contributed by atoms with E-state index in [0.29, 0.717) is 24.7 Å². The highest BCUT2D eigenvalue weighted by atomic mass is 32.2. The van der Waals surface area contributed by atoms with Gasteiger partial charge < -0.3 is 5.73 Å². The third-order valence-corrected chi connectivity index (χ3v) is 5.89. The van der Waals surface area contributed by atoms with Gasteiger partial charge in [-0.2, -0.15) is 4.31 Å². The number of nitrogens with two attached hydrogens (primary N) is 1. The van der Waals surface area contributed by atoms with Crippen LogP contribution in [0.1, 0.15) is 32.6 Å². The second-order valence-electron chi connectivity index (χ2n) is 5.15. The van der Waals surface area contributed by atoms with Crippen molar-refractivity contribution < 1.29 is 8.42 Å². The number of benzene rings is 1. The van der Waals surface area contributed by atoms with Crippen LogP contribution in [0.3, 0.4) is 0 Å². The minimum atomic E-state index is -3.44. The first kappa shape index (κ1) is 14.3. The van der Waals surface area contributed by atoms with Crippen LogP contribution in [0.15, 0.2) is 29.2 Å². The molecule has 1 aliphatic heterocycles. The van der Waals surface area contributed by atoms with E-state index in [2.05, 4.69) is 6.92 Å². The second-order valence-corrected chi connectivity index (χ2v) is 7.05. The predicted octanol–water partition coefficient (Wildman–Crippen LogP) is 2.47. The molecule has 1 unspecified atom stereocenters. The van der Waals surface area contributed by atoms with Gasteiger partial charge in [0, 0.05) is 13.1 Å². The highest BCUT2D eigenvalue weighted by Crippen LogP contribution is 2.27. The van der Waals surface area contributed by atoms with Crippen molar-refractivity contribution in [3.8, 4) is 0 Å². The zero-order valence-corrected chi connectivity index (χ0v) is 12.2. The molecular weight excluding hydrogens is 260 g/mol. The Morgan fingerprint density at radius 1 is 1.26 bits per heavy atom. The van der Waals surface area contributed by atoms with Gasteiger partial charge in [-0.3, -0.25) is 0 Å². The molecule has 1 atom stereocenters. The van der Waals surface area contributed by atoms with Crippen LogP contribution in [0.25, 0.3) is 0 Å². The molecule has 1 heterocycles. The standard InChI is InChI=1S/C14H22N2O2S/c1-2-12-6-5-10-16(11-9-12)19(17,18)14-8-4-3-7-13(14)15/h3-4,7-8,12H,2,5-6,9-11,15H2,1H3. The largest absolute Gasteiger partial charge is 0.398 e. The fourth-order valence-electron chi connectivity index (χ4n) is 2.64. The van der Waals surface area contributed by atoms with Crippen LogP contribution in [0.5, 0.6) is 0 Å². The summed E-state index contributed by atoms with van der Waals surface area (Å²) in [7, 11) is -3.44. The number of nitrogens with zero attached hydrogens (tertiary/aromatic N) is 1. The van der Waals surface area contributed by atoms with Crippen LogP contribution >= 0.6 is 0 Å². The molecule has 0 bridgehead atoms. The quantitative estimate of drug-likeness (QED) is 0.866. The molecule has 106 valence electrons. The number of sulfonamides is 1. The Morgan fingerprint density at radius 2 is 2.00 bits per heavy atom. The predicted molar refractivity (Wildman–Crippen MR) is 77.2 cm³/mol. The van der Waals surface area contributed by atoms with Gasteiger partial charge in [0.05, 0.1) is 5.69 Å². The molecule has 5 heteroatoms. The number of rotatable bonds is 3. The van der Waals surface area contributed by atoms with Gasteiger partial charge in [0.15, 0.2) is 0 Å².